The zero-order valence-electron chi connectivity index (χ0n) is 15.4. The van der Waals surface area contributed by atoms with E-state index in [0.717, 1.165) is 32.5 Å². The lowest BCUT2D eigenvalue weighted by atomic mass is 9.84. The molecule has 2 aliphatic rings. The number of likely N-dealkylation sites (N-methyl/N-ethyl adjacent to an activating group) is 1. The maximum atomic E-state index is 13.1. The number of benzene rings is 1. The first kappa shape index (κ1) is 17.2. The van der Waals surface area contributed by atoms with Crippen molar-refractivity contribution in [2.75, 3.05) is 46.8 Å². The van der Waals surface area contributed by atoms with E-state index in [0.29, 0.717) is 24.1 Å². The number of piperazine rings is 1. The van der Waals surface area contributed by atoms with E-state index in [1.807, 2.05) is 11.0 Å². The van der Waals surface area contributed by atoms with Gasteiger partial charge in [0.05, 0.1) is 5.39 Å². The second-order valence-electron chi connectivity index (χ2n) is 7.65. The lowest BCUT2D eigenvalue weighted by molar-refractivity contribution is -0.0179. The van der Waals surface area contributed by atoms with Gasteiger partial charge in [-0.2, -0.15) is 0 Å². The van der Waals surface area contributed by atoms with Crippen molar-refractivity contribution in [3.63, 3.8) is 0 Å². The maximum Gasteiger partial charge on any atom is 0.289 e. The molecular formula is C20H25N3O3. The van der Waals surface area contributed by atoms with Crippen LogP contribution in [0.15, 0.2) is 39.5 Å². The number of likely N-dealkylation sites (tertiary alicyclic amines) is 1. The second-order valence-corrected chi connectivity index (χ2v) is 7.65. The Hall–Kier alpha value is -2.18. The average Bonchev–Trinajstić information content (AvgIpc) is 2.66. The Labute approximate surface area is 153 Å². The maximum absolute atomic E-state index is 13.1. The Bertz CT molecular complexity index is 883. The largest absolute Gasteiger partial charge is 0.451 e. The number of rotatable bonds is 1. The fraction of sp³-hybridized carbons (Fsp3) is 0.500. The van der Waals surface area contributed by atoms with Gasteiger partial charge in [-0.05, 0) is 52.2 Å². The van der Waals surface area contributed by atoms with Gasteiger partial charge in [0.2, 0.25) is 0 Å². The molecular weight excluding hydrogens is 330 g/mol. The summed E-state index contributed by atoms with van der Waals surface area (Å²) in [7, 11) is 4.30. The Balaban J connectivity index is 1.61. The van der Waals surface area contributed by atoms with Crippen molar-refractivity contribution in [3.05, 3.63) is 46.3 Å². The molecule has 2 saturated heterocycles. The van der Waals surface area contributed by atoms with E-state index in [-0.39, 0.29) is 22.6 Å². The summed E-state index contributed by atoms with van der Waals surface area (Å²) in [4.78, 5) is 32.0. The lowest BCUT2D eigenvalue weighted by Crippen LogP contribution is -2.65. The molecule has 6 heteroatoms. The van der Waals surface area contributed by atoms with Gasteiger partial charge in [-0.3, -0.25) is 14.5 Å². The molecule has 1 spiro atoms. The molecule has 2 aromatic rings. The van der Waals surface area contributed by atoms with E-state index in [1.165, 1.54) is 6.07 Å². The van der Waals surface area contributed by atoms with E-state index in [1.54, 1.807) is 18.2 Å². The van der Waals surface area contributed by atoms with Crippen LogP contribution in [-0.4, -0.2) is 73.0 Å². The first-order valence-electron chi connectivity index (χ1n) is 9.20. The van der Waals surface area contributed by atoms with E-state index < -0.39 is 0 Å². The minimum absolute atomic E-state index is 0.0254. The Morgan fingerprint density at radius 1 is 1.08 bits per heavy atom. The first-order valence-corrected chi connectivity index (χ1v) is 9.20. The predicted octanol–water partition coefficient (Wildman–Crippen LogP) is 1.64. The zero-order valence-corrected chi connectivity index (χ0v) is 15.4. The zero-order chi connectivity index (χ0) is 18.3. The molecule has 1 amide bonds. The van der Waals surface area contributed by atoms with E-state index >= 15 is 0 Å². The van der Waals surface area contributed by atoms with Crippen LogP contribution in [0.25, 0.3) is 11.0 Å². The topological polar surface area (TPSA) is 57.0 Å². The predicted molar refractivity (Wildman–Crippen MR) is 100 cm³/mol. The second kappa shape index (κ2) is 6.52. The standard InChI is InChI=1S/C20H25N3O3/c1-21-9-7-20(8-10-21)14-23(12-11-22(20)2)19(25)18-13-16(24)15-5-3-4-6-17(15)26-18/h3-6,13H,7-12,14H2,1-2H3. The van der Waals surface area contributed by atoms with Crippen molar-refractivity contribution in [1.82, 2.24) is 14.7 Å². The average molecular weight is 355 g/mol. The molecule has 0 bridgehead atoms. The monoisotopic (exact) mass is 355 g/mol. The number of piperidine rings is 1. The van der Waals surface area contributed by atoms with Crippen molar-refractivity contribution in [2.45, 2.75) is 18.4 Å². The van der Waals surface area contributed by atoms with Crippen LogP contribution in [0, 0.1) is 0 Å². The first-order chi connectivity index (χ1) is 12.5. The highest BCUT2D eigenvalue weighted by atomic mass is 16.3. The van der Waals surface area contributed by atoms with Gasteiger partial charge < -0.3 is 14.2 Å². The Morgan fingerprint density at radius 2 is 1.81 bits per heavy atom. The summed E-state index contributed by atoms with van der Waals surface area (Å²) in [5.41, 5.74) is 0.321. The molecule has 4 rings (SSSR count). The number of hydrogen-bond acceptors (Lipinski definition) is 5. The molecule has 0 saturated carbocycles. The number of fused-ring (bicyclic) bond motifs is 1. The fourth-order valence-electron chi connectivity index (χ4n) is 4.18. The van der Waals surface area contributed by atoms with Crippen LogP contribution in [0.4, 0.5) is 0 Å². The summed E-state index contributed by atoms with van der Waals surface area (Å²) >= 11 is 0. The summed E-state index contributed by atoms with van der Waals surface area (Å²) < 4.78 is 5.76. The molecule has 1 aromatic carbocycles. The molecule has 0 N–H and O–H groups in total. The van der Waals surface area contributed by atoms with Crippen LogP contribution in [0.5, 0.6) is 0 Å². The summed E-state index contributed by atoms with van der Waals surface area (Å²) in [6.07, 6.45) is 2.09. The summed E-state index contributed by atoms with van der Waals surface area (Å²) in [5.74, 6) is -0.0411. The van der Waals surface area contributed by atoms with Crippen molar-refractivity contribution < 1.29 is 9.21 Å². The number of carbonyl (C=O) groups excluding carboxylic acids is 1. The normalized spacial score (nSPS) is 21.4. The van der Waals surface area contributed by atoms with Crippen molar-refractivity contribution in [3.8, 4) is 0 Å². The SMILES string of the molecule is CN1CCC2(CC1)CN(C(=O)c1cc(=O)c3ccccc3o1)CCN2C. The molecule has 0 aliphatic carbocycles. The van der Waals surface area contributed by atoms with Gasteiger partial charge in [0.1, 0.15) is 5.58 Å². The highest BCUT2D eigenvalue weighted by molar-refractivity contribution is 5.93. The van der Waals surface area contributed by atoms with E-state index in [9.17, 15) is 9.59 Å². The number of para-hydroxylation sites is 1. The van der Waals surface area contributed by atoms with Crippen molar-refractivity contribution in [2.24, 2.45) is 0 Å². The van der Waals surface area contributed by atoms with Gasteiger partial charge in [-0.1, -0.05) is 12.1 Å². The van der Waals surface area contributed by atoms with Gasteiger partial charge in [0, 0.05) is 31.2 Å². The van der Waals surface area contributed by atoms with E-state index in [2.05, 4.69) is 23.9 Å². The highest BCUT2D eigenvalue weighted by Gasteiger charge is 2.43. The molecule has 1 aromatic heterocycles. The third-order valence-corrected chi connectivity index (χ3v) is 6.05. The molecule has 3 heterocycles. The molecule has 0 radical (unpaired) electrons. The van der Waals surface area contributed by atoms with Gasteiger partial charge in [-0.15, -0.1) is 0 Å². The number of nitrogens with zero attached hydrogens (tertiary/aromatic N) is 3. The van der Waals surface area contributed by atoms with Crippen LogP contribution < -0.4 is 5.43 Å². The van der Waals surface area contributed by atoms with Gasteiger partial charge in [0.15, 0.2) is 11.2 Å². The summed E-state index contributed by atoms with van der Waals surface area (Å²) in [6.45, 7) is 4.26. The molecule has 2 aliphatic heterocycles. The van der Waals surface area contributed by atoms with Crippen LogP contribution in [-0.2, 0) is 0 Å². The molecule has 2 fully saturated rings. The highest BCUT2D eigenvalue weighted by Crippen LogP contribution is 2.31. The van der Waals surface area contributed by atoms with Crippen LogP contribution in [0.2, 0.25) is 0 Å². The van der Waals surface area contributed by atoms with Crippen molar-refractivity contribution in [1.29, 1.82) is 0 Å². The van der Waals surface area contributed by atoms with E-state index in [4.69, 9.17) is 4.42 Å². The molecule has 6 nitrogen and oxygen atoms in total. The van der Waals surface area contributed by atoms with Crippen LogP contribution in [0.3, 0.4) is 0 Å². The fourth-order valence-corrected chi connectivity index (χ4v) is 4.18. The van der Waals surface area contributed by atoms with Gasteiger partial charge in [-0.25, -0.2) is 0 Å². The van der Waals surface area contributed by atoms with Crippen LogP contribution in [0.1, 0.15) is 23.4 Å². The molecule has 26 heavy (non-hydrogen) atoms. The van der Waals surface area contributed by atoms with Gasteiger partial charge >= 0.3 is 0 Å². The molecule has 0 atom stereocenters. The quantitative estimate of drug-likeness (QED) is 0.778. The number of amides is 1. The Morgan fingerprint density at radius 3 is 2.58 bits per heavy atom. The number of hydrogen-bond donors (Lipinski definition) is 0. The molecule has 0 unspecified atom stereocenters. The summed E-state index contributed by atoms with van der Waals surface area (Å²) in [5, 5.41) is 0.509. The third-order valence-electron chi connectivity index (χ3n) is 6.05. The smallest absolute Gasteiger partial charge is 0.289 e. The third kappa shape index (κ3) is 2.93. The molecule has 138 valence electrons. The van der Waals surface area contributed by atoms with Gasteiger partial charge in [0.25, 0.3) is 5.91 Å². The minimum Gasteiger partial charge on any atom is -0.451 e. The van der Waals surface area contributed by atoms with Crippen molar-refractivity contribution >= 4 is 16.9 Å². The summed E-state index contributed by atoms with van der Waals surface area (Å²) in [6, 6.07) is 8.40. The van der Waals surface area contributed by atoms with Crippen LogP contribution >= 0.6 is 0 Å². The Kier molecular flexibility index (Phi) is 4.32. The lowest BCUT2D eigenvalue weighted by Gasteiger charge is -2.52. The minimum atomic E-state index is -0.181. The number of carbonyl (C=O) groups is 1.